The molecule has 6 nitrogen and oxygen atoms in total. The highest BCUT2D eigenvalue weighted by atomic mass is 32.1. The molecule has 0 N–H and O–H groups in total. The van der Waals surface area contributed by atoms with Crippen molar-refractivity contribution in [2.45, 2.75) is 0 Å². The van der Waals surface area contributed by atoms with Crippen molar-refractivity contribution in [2.24, 2.45) is 5.10 Å². The van der Waals surface area contributed by atoms with Crippen molar-refractivity contribution in [3.8, 4) is 16.3 Å². The molecule has 2 aromatic carbocycles. The zero-order valence-corrected chi connectivity index (χ0v) is 15.9. The van der Waals surface area contributed by atoms with Gasteiger partial charge in [-0.1, -0.05) is 36.4 Å². The molecule has 0 saturated heterocycles. The van der Waals surface area contributed by atoms with Crippen molar-refractivity contribution >= 4 is 29.4 Å². The molecular formula is C22H14N4O2S. The first-order valence-electron chi connectivity index (χ1n) is 8.93. The van der Waals surface area contributed by atoms with Crippen LogP contribution in [0, 0.1) is 0 Å². The molecule has 140 valence electrons. The van der Waals surface area contributed by atoms with Crippen LogP contribution in [0.15, 0.2) is 83.4 Å². The van der Waals surface area contributed by atoms with Crippen molar-refractivity contribution in [3.63, 3.8) is 0 Å². The molecule has 4 aromatic rings. The summed E-state index contributed by atoms with van der Waals surface area (Å²) in [6.45, 7) is 0. The van der Waals surface area contributed by atoms with Crippen LogP contribution in [0.1, 0.15) is 26.3 Å². The molecular weight excluding hydrogens is 384 g/mol. The molecule has 29 heavy (non-hydrogen) atoms. The predicted octanol–water partition coefficient (Wildman–Crippen LogP) is 4.23. The van der Waals surface area contributed by atoms with Gasteiger partial charge >= 0.3 is 0 Å². The molecule has 0 aliphatic carbocycles. The highest BCUT2D eigenvalue weighted by molar-refractivity contribution is 7.13. The normalized spacial score (nSPS) is 13.4. The number of thiophene rings is 1. The van der Waals surface area contributed by atoms with Gasteiger partial charge in [-0.2, -0.15) is 15.2 Å². The zero-order valence-electron chi connectivity index (χ0n) is 15.1. The zero-order chi connectivity index (χ0) is 19.8. The molecule has 2 amide bonds. The molecule has 0 bridgehead atoms. The molecule has 0 fully saturated rings. The van der Waals surface area contributed by atoms with E-state index in [0.29, 0.717) is 16.7 Å². The van der Waals surface area contributed by atoms with Crippen LogP contribution in [0.2, 0.25) is 0 Å². The van der Waals surface area contributed by atoms with E-state index in [1.165, 1.54) is 6.21 Å². The summed E-state index contributed by atoms with van der Waals surface area (Å²) in [4.78, 5) is 26.1. The highest BCUT2D eigenvalue weighted by Crippen LogP contribution is 2.28. The van der Waals surface area contributed by atoms with Crippen LogP contribution in [-0.4, -0.2) is 32.8 Å². The Morgan fingerprint density at radius 3 is 2.21 bits per heavy atom. The first kappa shape index (κ1) is 17.3. The number of hydrogen-bond acceptors (Lipinski definition) is 5. The molecule has 1 aliphatic rings. The van der Waals surface area contributed by atoms with Gasteiger partial charge in [-0.15, -0.1) is 11.3 Å². The summed E-state index contributed by atoms with van der Waals surface area (Å²) in [5, 5.41) is 11.8. The number of carbonyl (C=O) groups is 2. The molecule has 0 radical (unpaired) electrons. The quantitative estimate of drug-likeness (QED) is 0.382. The largest absolute Gasteiger partial charge is 0.282 e. The fourth-order valence-electron chi connectivity index (χ4n) is 3.20. The van der Waals surface area contributed by atoms with E-state index in [2.05, 4.69) is 5.10 Å². The Labute approximate surface area is 170 Å². The van der Waals surface area contributed by atoms with Gasteiger partial charge < -0.3 is 0 Å². The average Bonchev–Trinajstić information content (AvgIpc) is 3.48. The van der Waals surface area contributed by atoms with Gasteiger partial charge in [0, 0.05) is 11.8 Å². The van der Waals surface area contributed by atoms with Crippen LogP contribution in [-0.2, 0) is 0 Å². The average molecular weight is 398 g/mol. The number of rotatable bonds is 4. The minimum Gasteiger partial charge on any atom is -0.267 e. The molecule has 5 rings (SSSR count). The lowest BCUT2D eigenvalue weighted by atomic mass is 10.1. The predicted molar refractivity (Wildman–Crippen MR) is 111 cm³/mol. The van der Waals surface area contributed by atoms with Gasteiger partial charge in [-0.25, -0.2) is 4.68 Å². The van der Waals surface area contributed by atoms with Crippen molar-refractivity contribution in [2.75, 3.05) is 0 Å². The summed E-state index contributed by atoms with van der Waals surface area (Å²) in [6.07, 6.45) is 3.36. The lowest BCUT2D eigenvalue weighted by molar-refractivity contribution is 0.0660. The monoisotopic (exact) mass is 398 g/mol. The number of benzene rings is 2. The van der Waals surface area contributed by atoms with Gasteiger partial charge in [0.1, 0.15) is 5.69 Å². The van der Waals surface area contributed by atoms with Crippen molar-refractivity contribution in [1.82, 2.24) is 14.8 Å². The number of carbonyl (C=O) groups excluding carboxylic acids is 2. The van der Waals surface area contributed by atoms with Crippen LogP contribution >= 0.6 is 11.3 Å². The van der Waals surface area contributed by atoms with E-state index in [1.54, 1.807) is 40.3 Å². The van der Waals surface area contributed by atoms with Gasteiger partial charge in [0.25, 0.3) is 11.8 Å². The highest BCUT2D eigenvalue weighted by Gasteiger charge is 2.35. The number of hydrogen-bond donors (Lipinski definition) is 0. The van der Waals surface area contributed by atoms with Crippen molar-refractivity contribution in [1.29, 1.82) is 0 Å². The van der Waals surface area contributed by atoms with Crippen LogP contribution in [0.3, 0.4) is 0 Å². The van der Waals surface area contributed by atoms with E-state index in [0.717, 1.165) is 21.3 Å². The summed E-state index contributed by atoms with van der Waals surface area (Å²) >= 11 is 1.56. The standard InChI is InChI=1S/C22H14N4O2S/c27-21-17-9-4-5-10-18(17)22(28)26(21)23-13-15-14-25(16-7-2-1-3-8-16)24-20(15)19-11-6-12-29-19/h1-14H. The topological polar surface area (TPSA) is 67.6 Å². The number of nitrogens with zero attached hydrogens (tertiary/aromatic N) is 4. The Hall–Kier alpha value is -3.84. The van der Waals surface area contributed by atoms with E-state index in [4.69, 9.17) is 5.10 Å². The maximum Gasteiger partial charge on any atom is 0.282 e. The molecule has 3 heterocycles. The fraction of sp³-hybridized carbons (Fsp3) is 0. The lowest BCUT2D eigenvalue weighted by Gasteiger charge is -2.05. The second kappa shape index (κ2) is 6.96. The van der Waals surface area contributed by atoms with Crippen molar-refractivity contribution < 1.29 is 9.59 Å². The molecule has 2 aromatic heterocycles. The summed E-state index contributed by atoms with van der Waals surface area (Å²) < 4.78 is 1.76. The number of aromatic nitrogens is 2. The molecule has 0 atom stereocenters. The third kappa shape index (κ3) is 2.97. The minimum atomic E-state index is -0.421. The fourth-order valence-corrected chi connectivity index (χ4v) is 3.93. The number of para-hydroxylation sites is 1. The number of hydrazone groups is 1. The number of fused-ring (bicyclic) bond motifs is 1. The van der Waals surface area contributed by atoms with E-state index in [9.17, 15) is 9.59 Å². The SMILES string of the molecule is O=C1c2ccccc2C(=O)N1N=Cc1cn(-c2ccccc2)nc1-c1cccs1. The maximum atomic E-state index is 12.5. The minimum absolute atomic E-state index is 0.369. The first-order chi connectivity index (χ1) is 14.2. The van der Waals surface area contributed by atoms with Crippen LogP contribution < -0.4 is 0 Å². The number of imide groups is 1. The Morgan fingerprint density at radius 2 is 1.55 bits per heavy atom. The van der Waals surface area contributed by atoms with Crippen LogP contribution in [0.25, 0.3) is 16.3 Å². The summed E-state index contributed by atoms with van der Waals surface area (Å²) in [5.41, 5.74) is 3.10. The number of amides is 2. The summed E-state index contributed by atoms with van der Waals surface area (Å²) in [5.74, 6) is -0.843. The molecule has 0 spiro atoms. The van der Waals surface area contributed by atoms with Gasteiger partial charge in [-0.05, 0) is 35.7 Å². The molecule has 0 unspecified atom stereocenters. The third-order valence-corrected chi connectivity index (χ3v) is 5.48. The second-order valence-electron chi connectivity index (χ2n) is 6.40. The summed E-state index contributed by atoms with van der Waals surface area (Å²) in [7, 11) is 0. The lowest BCUT2D eigenvalue weighted by Crippen LogP contribution is -2.24. The van der Waals surface area contributed by atoms with E-state index in [-0.39, 0.29) is 0 Å². The summed E-state index contributed by atoms with van der Waals surface area (Å²) in [6, 6.07) is 20.4. The molecule has 1 aliphatic heterocycles. The second-order valence-corrected chi connectivity index (χ2v) is 7.35. The Kier molecular flexibility index (Phi) is 4.14. The van der Waals surface area contributed by atoms with Crippen LogP contribution in [0.4, 0.5) is 0 Å². The van der Waals surface area contributed by atoms with Gasteiger partial charge in [0.05, 0.1) is 27.9 Å². The smallest absolute Gasteiger partial charge is 0.267 e. The third-order valence-electron chi connectivity index (χ3n) is 4.60. The first-order valence-corrected chi connectivity index (χ1v) is 9.81. The van der Waals surface area contributed by atoms with Gasteiger partial charge in [0.15, 0.2) is 0 Å². The van der Waals surface area contributed by atoms with E-state index >= 15 is 0 Å². The Bertz CT molecular complexity index is 1210. The molecule has 7 heteroatoms. The van der Waals surface area contributed by atoms with Gasteiger partial charge in [0.2, 0.25) is 0 Å². The van der Waals surface area contributed by atoms with Crippen molar-refractivity contribution in [3.05, 3.63) is 95.0 Å². The van der Waals surface area contributed by atoms with E-state index < -0.39 is 11.8 Å². The Balaban J connectivity index is 1.54. The van der Waals surface area contributed by atoms with Crippen LogP contribution in [0.5, 0.6) is 0 Å². The molecule has 0 saturated carbocycles. The maximum absolute atomic E-state index is 12.5. The Morgan fingerprint density at radius 1 is 0.862 bits per heavy atom. The van der Waals surface area contributed by atoms with Gasteiger partial charge in [-0.3, -0.25) is 9.59 Å². The van der Waals surface area contributed by atoms with E-state index in [1.807, 2.05) is 54.0 Å².